The molecular formula is C25H26N4O5. The van der Waals surface area contributed by atoms with Gasteiger partial charge in [0.25, 0.3) is 0 Å². The fourth-order valence-corrected chi connectivity index (χ4v) is 2.58. The fourth-order valence-electron chi connectivity index (χ4n) is 2.58. The standard InChI is InChI=1S/C25H26N4O5/c1-5-13-33-21-11-9-19(15-23(21)31-7-3)17-26-28-25(30)29-27-18-20-10-12-22(34-14-6-2)24(16-20)32-8-4/h1-2,9-12,15-18H,7-8,13-14H2,3-4H3,(H2,28,29,30)/b26-17+,27-18+. The van der Waals surface area contributed by atoms with Gasteiger partial charge in [-0.1, -0.05) is 11.8 Å². The van der Waals surface area contributed by atoms with Crippen molar-refractivity contribution in [1.82, 2.24) is 10.9 Å². The van der Waals surface area contributed by atoms with Crippen molar-refractivity contribution in [3.63, 3.8) is 0 Å². The van der Waals surface area contributed by atoms with Crippen LogP contribution in [0.15, 0.2) is 46.6 Å². The maximum absolute atomic E-state index is 11.9. The number of urea groups is 1. The highest BCUT2D eigenvalue weighted by molar-refractivity contribution is 5.84. The lowest BCUT2D eigenvalue weighted by Gasteiger charge is -2.10. The van der Waals surface area contributed by atoms with E-state index >= 15 is 0 Å². The van der Waals surface area contributed by atoms with Gasteiger partial charge in [-0.3, -0.25) is 0 Å². The molecule has 0 aliphatic heterocycles. The maximum Gasteiger partial charge on any atom is 0.355 e. The Balaban J connectivity index is 1.93. The Morgan fingerprint density at radius 2 is 1.24 bits per heavy atom. The van der Waals surface area contributed by atoms with E-state index in [9.17, 15) is 4.79 Å². The molecule has 176 valence electrons. The molecule has 0 fully saturated rings. The van der Waals surface area contributed by atoms with Crippen LogP contribution < -0.4 is 29.8 Å². The molecule has 0 radical (unpaired) electrons. The van der Waals surface area contributed by atoms with Crippen LogP contribution in [0.5, 0.6) is 23.0 Å². The SMILES string of the molecule is C#CCOc1ccc(/C=N/NC(=O)N/N=C/c2ccc(OCC#C)c(OCC)c2)cc1OCC. The van der Waals surface area contributed by atoms with Crippen LogP contribution in [0.1, 0.15) is 25.0 Å². The van der Waals surface area contributed by atoms with E-state index in [2.05, 4.69) is 32.9 Å². The topological polar surface area (TPSA) is 103 Å². The molecule has 2 aromatic carbocycles. The normalized spacial score (nSPS) is 10.4. The zero-order valence-corrected chi connectivity index (χ0v) is 19.0. The summed E-state index contributed by atoms with van der Waals surface area (Å²) < 4.78 is 22.0. The molecule has 0 aromatic heterocycles. The van der Waals surface area contributed by atoms with E-state index in [1.165, 1.54) is 12.4 Å². The van der Waals surface area contributed by atoms with Gasteiger partial charge in [0, 0.05) is 0 Å². The first-order chi connectivity index (χ1) is 16.6. The average Bonchev–Trinajstić information content (AvgIpc) is 2.83. The van der Waals surface area contributed by atoms with Crippen molar-refractivity contribution in [1.29, 1.82) is 0 Å². The molecule has 0 spiro atoms. The molecule has 0 atom stereocenters. The zero-order valence-electron chi connectivity index (χ0n) is 19.0. The van der Waals surface area contributed by atoms with Gasteiger partial charge in [-0.25, -0.2) is 15.6 Å². The van der Waals surface area contributed by atoms with Crippen LogP contribution in [0.25, 0.3) is 0 Å². The third-order valence-corrected chi connectivity index (χ3v) is 3.92. The van der Waals surface area contributed by atoms with Gasteiger partial charge in [-0.2, -0.15) is 10.2 Å². The first-order valence-corrected chi connectivity index (χ1v) is 10.4. The Hall–Kier alpha value is -4.63. The minimum Gasteiger partial charge on any atom is -0.490 e. The molecule has 0 saturated carbocycles. The van der Waals surface area contributed by atoms with E-state index in [4.69, 9.17) is 31.8 Å². The lowest BCUT2D eigenvalue weighted by Crippen LogP contribution is -2.28. The number of ether oxygens (including phenoxy) is 4. The molecule has 0 bridgehead atoms. The Bertz CT molecular complexity index is 1010. The number of carbonyl (C=O) groups excluding carboxylic acids is 1. The third kappa shape index (κ3) is 8.48. The van der Waals surface area contributed by atoms with Crippen LogP contribution in [0.4, 0.5) is 4.79 Å². The molecule has 0 saturated heterocycles. The second-order valence-corrected chi connectivity index (χ2v) is 6.33. The molecule has 0 unspecified atom stereocenters. The molecule has 2 N–H and O–H groups in total. The van der Waals surface area contributed by atoms with Crippen LogP contribution in [0.3, 0.4) is 0 Å². The van der Waals surface area contributed by atoms with Gasteiger partial charge < -0.3 is 18.9 Å². The molecule has 0 aliphatic carbocycles. The van der Waals surface area contributed by atoms with Gasteiger partial charge in [0.1, 0.15) is 13.2 Å². The van der Waals surface area contributed by atoms with Gasteiger partial charge >= 0.3 is 6.03 Å². The van der Waals surface area contributed by atoms with Crippen LogP contribution in [0, 0.1) is 24.7 Å². The molecule has 9 nitrogen and oxygen atoms in total. The summed E-state index contributed by atoms with van der Waals surface area (Å²) in [4.78, 5) is 11.9. The number of hydrogen-bond donors (Lipinski definition) is 2. The first-order valence-electron chi connectivity index (χ1n) is 10.4. The summed E-state index contributed by atoms with van der Waals surface area (Å²) in [6, 6.07) is 9.77. The number of amides is 2. The second kappa shape index (κ2) is 14.4. The summed E-state index contributed by atoms with van der Waals surface area (Å²) in [6.07, 6.45) is 13.4. The van der Waals surface area contributed by atoms with Gasteiger partial charge in [-0.05, 0) is 61.4 Å². The Labute approximate surface area is 199 Å². The summed E-state index contributed by atoms with van der Waals surface area (Å²) in [5.41, 5.74) is 6.03. The van der Waals surface area contributed by atoms with Crippen molar-refractivity contribution in [2.24, 2.45) is 10.2 Å². The summed E-state index contributed by atoms with van der Waals surface area (Å²) in [5.74, 6) is 6.91. The predicted octanol–water partition coefficient (Wildman–Crippen LogP) is 3.18. The zero-order chi connectivity index (χ0) is 24.6. The highest BCUT2D eigenvalue weighted by Crippen LogP contribution is 2.28. The van der Waals surface area contributed by atoms with E-state index < -0.39 is 6.03 Å². The van der Waals surface area contributed by atoms with E-state index in [-0.39, 0.29) is 13.2 Å². The minimum atomic E-state index is -0.620. The van der Waals surface area contributed by atoms with Crippen molar-refractivity contribution in [2.45, 2.75) is 13.8 Å². The number of nitrogens with one attached hydrogen (secondary N) is 2. The van der Waals surface area contributed by atoms with E-state index in [0.717, 1.165) is 0 Å². The van der Waals surface area contributed by atoms with E-state index in [0.29, 0.717) is 47.3 Å². The molecule has 9 heteroatoms. The second-order valence-electron chi connectivity index (χ2n) is 6.33. The smallest absolute Gasteiger partial charge is 0.355 e. The van der Waals surface area contributed by atoms with Crippen LogP contribution in [-0.2, 0) is 0 Å². The van der Waals surface area contributed by atoms with Crippen molar-refractivity contribution >= 4 is 18.5 Å². The number of hydrogen-bond acceptors (Lipinski definition) is 7. The van der Waals surface area contributed by atoms with Crippen molar-refractivity contribution in [3.05, 3.63) is 47.5 Å². The molecular weight excluding hydrogens is 436 g/mol. The average molecular weight is 463 g/mol. The van der Waals surface area contributed by atoms with Crippen LogP contribution in [-0.4, -0.2) is 44.9 Å². The summed E-state index contributed by atoms with van der Waals surface area (Å²) in [6.45, 7) is 4.89. The third-order valence-electron chi connectivity index (χ3n) is 3.92. The first kappa shape index (κ1) is 25.6. The highest BCUT2D eigenvalue weighted by atomic mass is 16.5. The predicted molar refractivity (Wildman–Crippen MR) is 131 cm³/mol. The van der Waals surface area contributed by atoms with Gasteiger partial charge in [0.05, 0.1) is 25.6 Å². The number of hydrazone groups is 2. The van der Waals surface area contributed by atoms with E-state index in [1.807, 2.05) is 13.8 Å². The lowest BCUT2D eigenvalue weighted by molar-refractivity contribution is 0.242. The van der Waals surface area contributed by atoms with E-state index in [1.54, 1.807) is 36.4 Å². The van der Waals surface area contributed by atoms with Crippen LogP contribution in [0.2, 0.25) is 0 Å². The molecule has 0 heterocycles. The van der Waals surface area contributed by atoms with Gasteiger partial charge in [-0.15, -0.1) is 12.8 Å². The number of carbonyl (C=O) groups is 1. The molecule has 34 heavy (non-hydrogen) atoms. The Morgan fingerprint density at radius 3 is 1.62 bits per heavy atom. The number of terminal acetylenes is 2. The monoisotopic (exact) mass is 462 g/mol. The molecule has 2 rings (SSSR count). The van der Waals surface area contributed by atoms with Crippen molar-refractivity contribution in [3.8, 4) is 47.7 Å². The molecule has 2 aromatic rings. The largest absolute Gasteiger partial charge is 0.490 e. The molecule has 0 aliphatic rings. The minimum absolute atomic E-state index is 0.131. The Kier molecular flexibility index (Phi) is 10.9. The Morgan fingerprint density at radius 1 is 0.794 bits per heavy atom. The molecule has 2 amide bonds. The van der Waals surface area contributed by atoms with Crippen molar-refractivity contribution < 1.29 is 23.7 Å². The number of nitrogens with zero attached hydrogens (tertiary/aromatic N) is 2. The van der Waals surface area contributed by atoms with Crippen LogP contribution >= 0.6 is 0 Å². The summed E-state index contributed by atoms with van der Waals surface area (Å²) in [7, 11) is 0. The maximum atomic E-state index is 11.9. The van der Waals surface area contributed by atoms with Gasteiger partial charge in [0.2, 0.25) is 0 Å². The number of benzene rings is 2. The summed E-state index contributed by atoms with van der Waals surface area (Å²) >= 11 is 0. The van der Waals surface area contributed by atoms with Gasteiger partial charge in [0.15, 0.2) is 23.0 Å². The highest BCUT2D eigenvalue weighted by Gasteiger charge is 2.07. The summed E-state index contributed by atoms with van der Waals surface area (Å²) in [5, 5.41) is 7.79. The fraction of sp³-hybridized carbons (Fsp3) is 0.240. The lowest BCUT2D eigenvalue weighted by atomic mass is 10.2. The quantitative estimate of drug-likeness (QED) is 0.287. The van der Waals surface area contributed by atoms with Crippen molar-refractivity contribution in [2.75, 3.05) is 26.4 Å². The number of rotatable bonds is 12.